The maximum atomic E-state index is 12.8. The first-order valence-electron chi connectivity index (χ1n) is 9.27. The van der Waals surface area contributed by atoms with Crippen molar-refractivity contribution in [3.05, 3.63) is 53.9 Å². The molecule has 3 rings (SSSR count). The van der Waals surface area contributed by atoms with Crippen LogP contribution in [-0.4, -0.2) is 74.2 Å². The van der Waals surface area contributed by atoms with Gasteiger partial charge in [-0.3, -0.25) is 9.36 Å². The van der Waals surface area contributed by atoms with Crippen LogP contribution >= 0.6 is 0 Å². The lowest BCUT2D eigenvalue weighted by atomic mass is 10.1. The summed E-state index contributed by atoms with van der Waals surface area (Å²) in [5.74, 6) is 0.712. The molecule has 0 saturated heterocycles. The molecule has 0 fully saturated rings. The number of nitrogens with zero attached hydrogens (tertiary/aromatic N) is 4. The van der Waals surface area contributed by atoms with Gasteiger partial charge in [-0.2, -0.15) is 0 Å². The molecule has 7 nitrogen and oxygen atoms in total. The Balaban J connectivity index is 2.00. The number of imidazole rings is 1. The van der Waals surface area contributed by atoms with Crippen LogP contribution in [0, 0.1) is 6.92 Å². The van der Waals surface area contributed by atoms with Crippen molar-refractivity contribution in [1.29, 1.82) is 0 Å². The number of carbonyl (C=O) groups is 1. The molecule has 0 saturated carbocycles. The highest BCUT2D eigenvalue weighted by Crippen LogP contribution is 2.24. The van der Waals surface area contributed by atoms with E-state index in [-0.39, 0.29) is 10.8 Å². The Bertz CT molecular complexity index is 1150. The molecule has 0 aliphatic rings. The van der Waals surface area contributed by atoms with Crippen molar-refractivity contribution in [2.75, 3.05) is 40.5 Å². The van der Waals surface area contributed by atoms with Gasteiger partial charge in [0.2, 0.25) is 0 Å². The Morgan fingerprint density at radius 1 is 1.03 bits per heavy atom. The third-order valence-corrected chi connectivity index (χ3v) is 5.95. The molecule has 1 amide bonds. The number of aryl methyl sites for hydroxylation is 1. The minimum atomic E-state index is -3.26. The maximum absolute atomic E-state index is 12.8. The van der Waals surface area contributed by atoms with E-state index < -0.39 is 9.84 Å². The number of benzene rings is 2. The first kappa shape index (κ1) is 21.0. The van der Waals surface area contributed by atoms with E-state index in [4.69, 9.17) is 0 Å². The molecule has 0 bridgehead atoms. The number of hydrogen-bond donors (Lipinski definition) is 0. The third-order valence-electron chi connectivity index (χ3n) is 4.82. The van der Waals surface area contributed by atoms with Crippen molar-refractivity contribution in [2.45, 2.75) is 11.8 Å². The smallest absolute Gasteiger partial charge is 0.253 e. The van der Waals surface area contributed by atoms with Gasteiger partial charge in [0, 0.05) is 37.6 Å². The minimum Gasteiger partial charge on any atom is -0.340 e. The lowest BCUT2D eigenvalue weighted by Crippen LogP contribution is -2.33. The van der Waals surface area contributed by atoms with E-state index in [0.29, 0.717) is 12.1 Å². The van der Waals surface area contributed by atoms with Crippen molar-refractivity contribution in [3.8, 4) is 5.69 Å². The van der Waals surface area contributed by atoms with Crippen LogP contribution in [0.25, 0.3) is 16.7 Å². The van der Waals surface area contributed by atoms with Gasteiger partial charge in [-0.25, -0.2) is 13.4 Å². The van der Waals surface area contributed by atoms with Crippen LogP contribution < -0.4 is 0 Å². The molecule has 154 valence electrons. The Morgan fingerprint density at radius 3 is 2.28 bits per heavy atom. The van der Waals surface area contributed by atoms with Crippen LogP contribution in [0.4, 0.5) is 0 Å². The normalized spacial score (nSPS) is 11.9. The summed E-state index contributed by atoms with van der Waals surface area (Å²) in [5, 5.41) is 0. The lowest BCUT2D eigenvalue weighted by Gasteiger charge is -2.19. The summed E-state index contributed by atoms with van der Waals surface area (Å²) in [4.78, 5) is 21.4. The molecule has 0 aliphatic carbocycles. The number of fused-ring (bicyclic) bond motifs is 1. The quantitative estimate of drug-likeness (QED) is 0.619. The second-order valence-corrected chi connectivity index (χ2v) is 9.51. The minimum absolute atomic E-state index is 0.0495. The molecule has 0 atom stereocenters. The summed E-state index contributed by atoms with van der Waals surface area (Å²) < 4.78 is 25.4. The van der Waals surface area contributed by atoms with E-state index in [2.05, 4.69) is 4.98 Å². The molecule has 0 radical (unpaired) electrons. The van der Waals surface area contributed by atoms with Gasteiger partial charge in [-0.1, -0.05) is 0 Å². The predicted octanol–water partition coefficient (Wildman–Crippen LogP) is 2.37. The van der Waals surface area contributed by atoms with Gasteiger partial charge in [-0.05, 0) is 63.5 Å². The number of aromatic nitrogens is 2. The molecule has 0 spiro atoms. The highest BCUT2D eigenvalue weighted by Gasteiger charge is 2.16. The topological polar surface area (TPSA) is 75.5 Å². The molecular formula is C21H26N4O3S. The summed E-state index contributed by atoms with van der Waals surface area (Å²) in [6, 6.07) is 12.1. The zero-order valence-electron chi connectivity index (χ0n) is 17.4. The zero-order valence-corrected chi connectivity index (χ0v) is 18.2. The van der Waals surface area contributed by atoms with E-state index in [1.807, 2.05) is 42.6 Å². The number of hydrogen-bond acceptors (Lipinski definition) is 5. The Hall–Kier alpha value is -2.71. The van der Waals surface area contributed by atoms with Crippen LogP contribution in [0.1, 0.15) is 16.2 Å². The number of rotatable bonds is 6. The lowest BCUT2D eigenvalue weighted by molar-refractivity contribution is 0.0786. The first-order valence-corrected chi connectivity index (χ1v) is 11.2. The van der Waals surface area contributed by atoms with Gasteiger partial charge in [0.1, 0.15) is 5.82 Å². The van der Waals surface area contributed by atoms with Crippen molar-refractivity contribution in [1.82, 2.24) is 19.4 Å². The van der Waals surface area contributed by atoms with Crippen LogP contribution in [0.2, 0.25) is 0 Å². The second kappa shape index (κ2) is 7.96. The molecule has 1 aromatic heterocycles. The van der Waals surface area contributed by atoms with Crippen molar-refractivity contribution < 1.29 is 13.2 Å². The van der Waals surface area contributed by atoms with E-state index in [1.165, 1.54) is 6.26 Å². The largest absolute Gasteiger partial charge is 0.340 e. The molecular weight excluding hydrogens is 388 g/mol. The van der Waals surface area contributed by atoms with Gasteiger partial charge in [0.05, 0.1) is 15.9 Å². The third kappa shape index (κ3) is 4.49. The van der Waals surface area contributed by atoms with Crippen molar-refractivity contribution in [2.24, 2.45) is 0 Å². The fraction of sp³-hybridized carbons (Fsp3) is 0.333. The average molecular weight is 415 g/mol. The first-order chi connectivity index (χ1) is 13.6. The molecule has 0 unspecified atom stereocenters. The molecule has 29 heavy (non-hydrogen) atoms. The maximum Gasteiger partial charge on any atom is 0.253 e. The molecule has 2 aromatic carbocycles. The highest BCUT2D eigenvalue weighted by molar-refractivity contribution is 7.90. The van der Waals surface area contributed by atoms with Gasteiger partial charge in [0.25, 0.3) is 5.91 Å². The van der Waals surface area contributed by atoms with Gasteiger partial charge < -0.3 is 9.80 Å². The summed E-state index contributed by atoms with van der Waals surface area (Å²) in [6.45, 7) is 3.30. The number of carbonyl (C=O) groups excluding carboxylic acids is 1. The molecule has 3 aromatic rings. The molecule has 0 aliphatic heterocycles. The highest BCUT2D eigenvalue weighted by atomic mass is 32.2. The van der Waals surface area contributed by atoms with Crippen molar-refractivity contribution >= 4 is 26.8 Å². The standard InChI is InChI=1S/C21H26N4O3S/c1-15-22-19-11-6-16(21(26)24(4)13-12-23(2)3)14-20(19)25(15)17-7-9-18(10-8-17)29(5,27)28/h6-11,14H,12-13H2,1-5H3. The van der Waals surface area contributed by atoms with E-state index >= 15 is 0 Å². The molecule has 8 heteroatoms. The fourth-order valence-electron chi connectivity index (χ4n) is 3.17. The molecule has 1 heterocycles. The monoisotopic (exact) mass is 414 g/mol. The van der Waals surface area contributed by atoms with Crippen LogP contribution in [0.15, 0.2) is 47.4 Å². The summed E-state index contributed by atoms with van der Waals surface area (Å²) in [7, 11) is 2.48. The second-order valence-electron chi connectivity index (χ2n) is 7.49. The summed E-state index contributed by atoms with van der Waals surface area (Å²) in [6.07, 6.45) is 1.19. The van der Waals surface area contributed by atoms with E-state index in [0.717, 1.165) is 29.1 Å². The van der Waals surface area contributed by atoms with Crippen LogP contribution in [0.5, 0.6) is 0 Å². The van der Waals surface area contributed by atoms with Crippen LogP contribution in [-0.2, 0) is 9.84 Å². The zero-order chi connectivity index (χ0) is 21.3. The Kier molecular flexibility index (Phi) is 5.77. The Labute approximate surface area is 171 Å². The average Bonchev–Trinajstić information content (AvgIpc) is 2.99. The fourth-order valence-corrected chi connectivity index (χ4v) is 3.80. The number of likely N-dealkylation sites (N-methyl/N-ethyl adjacent to an activating group) is 2. The van der Waals surface area contributed by atoms with Gasteiger partial charge >= 0.3 is 0 Å². The predicted molar refractivity (Wildman–Crippen MR) is 114 cm³/mol. The van der Waals surface area contributed by atoms with Gasteiger partial charge in [0.15, 0.2) is 9.84 Å². The van der Waals surface area contributed by atoms with E-state index in [1.54, 1.807) is 42.3 Å². The Morgan fingerprint density at radius 2 is 1.69 bits per heavy atom. The molecule has 0 N–H and O–H groups in total. The number of amides is 1. The van der Waals surface area contributed by atoms with E-state index in [9.17, 15) is 13.2 Å². The van der Waals surface area contributed by atoms with Crippen LogP contribution in [0.3, 0.4) is 0 Å². The summed E-state index contributed by atoms with van der Waals surface area (Å²) in [5.41, 5.74) is 2.97. The summed E-state index contributed by atoms with van der Waals surface area (Å²) >= 11 is 0. The van der Waals surface area contributed by atoms with Gasteiger partial charge in [-0.15, -0.1) is 0 Å². The SMILES string of the molecule is Cc1nc2ccc(C(=O)N(C)CCN(C)C)cc2n1-c1ccc(S(C)(=O)=O)cc1. The van der Waals surface area contributed by atoms with Crippen molar-refractivity contribution in [3.63, 3.8) is 0 Å². The number of sulfone groups is 1.